The number of halogens is 1. The van der Waals surface area contributed by atoms with E-state index >= 15 is 0 Å². The van der Waals surface area contributed by atoms with Crippen molar-refractivity contribution in [2.45, 2.75) is 13.5 Å². The number of hydrogen-bond acceptors (Lipinski definition) is 5. The lowest BCUT2D eigenvalue weighted by Gasteiger charge is -2.13. The molecule has 7 nitrogen and oxygen atoms in total. The highest BCUT2D eigenvalue weighted by Gasteiger charge is 2.34. The van der Waals surface area contributed by atoms with Crippen LogP contribution in [0.4, 0.5) is 10.5 Å². The number of anilines is 1. The van der Waals surface area contributed by atoms with Crippen LogP contribution in [0.3, 0.4) is 0 Å². The fraction of sp³-hybridized carbons (Fsp3) is 0.154. The van der Waals surface area contributed by atoms with Gasteiger partial charge in [-0.2, -0.15) is 0 Å². The van der Waals surface area contributed by atoms with Gasteiger partial charge in [0.25, 0.3) is 5.91 Å². The third-order valence-corrected chi connectivity index (χ3v) is 5.50. The first-order valence-corrected chi connectivity index (χ1v) is 11.0. The van der Waals surface area contributed by atoms with Crippen molar-refractivity contribution in [1.82, 2.24) is 5.32 Å². The molecule has 0 spiro atoms. The Balaban J connectivity index is 1.54. The van der Waals surface area contributed by atoms with Crippen LogP contribution in [0.1, 0.15) is 18.1 Å². The Kier molecular flexibility index (Phi) is 7.04. The molecular weight excluding hydrogens is 456 g/mol. The molecule has 0 aliphatic carbocycles. The molecule has 0 bridgehead atoms. The summed E-state index contributed by atoms with van der Waals surface area (Å²) in [7, 11) is 1.55. The second-order valence-electron chi connectivity index (χ2n) is 7.35. The molecule has 1 heterocycles. The Morgan fingerprint density at radius 3 is 2.44 bits per heavy atom. The van der Waals surface area contributed by atoms with Crippen molar-refractivity contribution >= 4 is 35.3 Å². The predicted molar refractivity (Wildman–Crippen MR) is 130 cm³/mol. The molecule has 34 heavy (non-hydrogen) atoms. The number of methoxy groups -OCH3 is 1. The molecule has 1 aliphatic heterocycles. The molecule has 1 saturated heterocycles. The van der Waals surface area contributed by atoms with Crippen LogP contribution >= 0.6 is 11.6 Å². The summed E-state index contributed by atoms with van der Waals surface area (Å²) < 4.78 is 16.8. The largest absolute Gasteiger partial charge is 0.497 e. The van der Waals surface area contributed by atoms with E-state index in [1.807, 2.05) is 25.1 Å². The second kappa shape index (κ2) is 10.3. The van der Waals surface area contributed by atoms with Gasteiger partial charge in [-0.05, 0) is 61.0 Å². The fourth-order valence-corrected chi connectivity index (χ4v) is 3.63. The van der Waals surface area contributed by atoms with Gasteiger partial charge in [0, 0.05) is 10.6 Å². The van der Waals surface area contributed by atoms with E-state index in [0.29, 0.717) is 40.1 Å². The van der Waals surface area contributed by atoms with E-state index in [2.05, 4.69) is 5.32 Å². The number of ether oxygens (including phenoxy) is 3. The minimum absolute atomic E-state index is 0.160. The molecule has 8 heteroatoms. The normalized spacial score (nSPS) is 14.3. The lowest BCUT2D eigenvalue weighted by molar-refractivity contribution is -0.113. The number of urea groups is 1. The third-order valence-electron chi connectivity index (χ3n) is 5.13. The van der Waals surface area contributed by atoms with Gasteiger partial charge in [0.1, 0.15) is 18.1 Å². The summed E-state index contributed by atoms with van der Waals surface area (Å²) in [5.41, 5.74) is 2.14. The van der Waals surface area contributed by atoms with Crippen molar-refractivity contribution in [3.05, 3.63) is 88.6 Å². The highest BCUT2D eigenvalue weighted by molar-refractivity contribution is 6.31. The number of hydrogen-bond donors (Lipinski definition) is 1. The van der Waals surface area contributed by atoms with Crippen LogP contribution in [0.25, 0.3) is 6.08 Å². The Hall–Kier alpha value is -3.97. The van der Waals surface area contributed by atoms with Crippen LogP contribution in [0.5, 0.6) is 17.2 Å². The first-order chi connectivity index (χ1) is 16.5. The smallest absolute Gasteiger partial charge is 0.333 e. The van der Waals surface area contributed by atoms with Gasteiger partial charge in [0.05, 0.1) is 19.4 Å². The summed E-state index contributed by atoms with van der Waals surface area (Å²) in [6, 6.07) is 18.9. The first-order valence-electron chi connectivity index (χ1n) is 10.6. The van der Waals surface area contributed by atoms with Gasteiger partial charge in [-0.3, -0.25) is 4.79 Å². The molecule has 0 radical (unpaired) electrons. The molecule has 0 atom stereocenters. The summed E-state index contributed by atoms with van der Waals surface area (Å²) in [6.45, 7) is 2.59. The minimum Gasteiger partial charge on any atom is -0.497 e. The van der Waals surface area contributed by atoms with Crippen LogP contribution in [-0.2, 0) is 11.4 Å². The maximum atomic E-state index is 12.9. The molecular formula is C26H23ClN2O5. The number of rotatable bonds is 8. The molecule has 0 unspecified atom stereocenters. The maximum absolute atomic E-state index is 12.9. The van der Waals surface area contributed by atoms with Gasteiger partial charge in [0.2, 0.25) is 0 Å². The number of amides is 3. The van der Waals surface area contributed by atoms with Crippen LogP contribution < -0.4 is 24.4 Å². The number of imide groups is 1. The zero-order valence-electron chi connectivity index (χ0n) is 18.7. The van der Waals surface area contributed by atoms with Crippen molar-refractivity contribution in [2.75, 3.05) is 18.6 Å². The number of benzene rings is 3. The Morgan fingerprint density at radius 1 is 0.971 bits per heavy atom. The topological polar surface area (TPSA) is 77.1 Å². The van der Waals surface area contributed by atoms with Crippen molar-refractivity contribution in [3.8, 4) is 17.2 Å². The van der Waals surface area contributed by atoms with E-state index in [4.69, 9.17) is 25.8 Å². The SMILES string of the molecule is CCOc1cc(C=C2NC(=O)N(c3ccc(OC)cc3)C2=O)ccc1OCc1ccccc1Cl. The van der Waals surface area contributed by atoms with Gasteiger partial charge < -0.3 is 19.5 Å². The van der Waals surface area contributed by atoms with Crippen molar-refractivity contribution in [2.24, 2.45) is 0 Å². The number of carbonyl (C=O) groups is 2. The van der Waals surface area contributed by atoms with Crippen molar-refractivity contribution < 1.29 is 23.8 Å². The standard InChI is InChI=1S/C26H23ClN2O5/c1-3-33-24-15-17(8-13-23(24)34-16-18-6-4-5-7-21(18)27)14-22-25(30)29(26(31)28-22)19-9-11-20(32-2)12-10-19/h4-15H,3,16H2,1-2H3,(H,28,31). The number of nitrogens with one attached hydrogen (secondary N) is 1. The van der Waals surface area contributed by atoms with Crippen LogP contribution in [-0.4, -0.2) is 25.7 Å². The Labute approximate surface area is 202 Å². The summed E-state index contributed by atoms with van der Waals surface area (Å²) in [6.07, 6.45) is 1.60. The first kappa shape index (κ1) is 23.2. The van der Waals surface area contributed by atoms with Crippen LogP contribution in [0.15, 0.2) is 72.4 Å². The summed E-state index contributed by atoms with van der Waals surface area (Å²) in [5.74, 6) is 1.25. The summed E-state index contributed by atoms with van der Waals surface area (Å²) in [4.78, 5) is 26.5. The molecule has 3 aromatic rings. The van der Waals surface area contributed by atoms with Gasteiger partial charge in [-0.15, -0.1) is 0 Å². The quantitative estimate of drug-likeness (QED) is 0.345. The molecule has 1 N–H and O–H groups in total. The average molecular weight is 479 g/mol. The maximum Gasteiger partial charge on any atom is 0.333 e. The summed E-state index contributed by atoms with van der Waals surface area (Å²) >= 11 is 6.21. The zero-order chi connectivity index (χ0) is 24.1. The minimum atomic E-state index is -0.522. The Morgan fingerprint density at radius 2 is 1.74 bits per heavy atom. The van der Waals surface area contributed by atoms with E-state index in [0.717, 1.165) is 10.5 Å². The van der Waals surface area contributed by atoms with Gasteiger partial charge in [-0.1, -0.05) is 35.9 Å². The average Bonchev–Trinajstić information content (AvgIpc) is 3.12. The van der Waals surface area contributed by atoms with Crippen molar-refractivity contribution in [3.63, 3.8) is 0 Å². The van der Waals surface area contributed by atoms with E-state index < -0.39 is 11.9 Å². The molecule has 3 aromatic carbocycles. The third kappa shape index (κ3) is 5.00. The van der Waals surface area contributed by atoms with Crippen LogP contribution in [0.2, 0.25) is 5.02 Å². The highest BCUT2D eigenvalue weighted by Crippen LogP contribution is 2.31. The lowest BCUT2D eigenvalue weighted by atomic mass is 10.1. The monoisotopic (exact) mass is 478 g/mol. The van der Waals surface area contributed by atoms with E-state index in [1.54, 1.807) is 61.7 Å². The van der Waals surface area contributed by atoms with Crippen LogP contribution in [0, 0.1) is 0 Å². The second-order valence-corrected chi connectivity index (χ2v) is 7.75. The lowest BCUT2D eigenvalue weighted by Crippen LogP contribution is -2.30. The highest BCUT2D eigenvalue weighted by atomic mass is 35.5. The molecule has 174 valence electrons. The van der Waals surface area contributed by atoms with E-state index in [1.165, 1.54) is 0 Å². The number of carbonyl (C=O) groups excluding carboxylic acids is 2. The number of nitrogens with zero attached hydrogens (tertiary/aromatic N) is 1. The van der Waals surface area contributed by atoms with Gasteiger partial charge in [-0.25, -0.2) is 9.69 Å². The summed E-state index contributed by atoms with van der Waals surface area (Å²) in [5, 5.41) is 3.25. The zero-order valence-corrected chi connectivity index (χ0v) is 19.5. The molecule has 0 aromatic heterocycles. The predicted octanol–water partition coefficient (Wildman–Crippen LogP) is 5.42. The van der Waals surface area contributed by atoms with E-state index in [-0.39, 0.29) is 12.3 Å². The molecule has 1 fully saturated rings. The molecule has 3 amide bonds. The fourth-order valence-electron chi connectivity index (χ4n) is 3.44. The molecule has 1 aliphatic rings. The van der Waals surface area contributed by atoms with Gasteiger partial charge >= 0.3 is 6.03 Å². The van der Waals surface area contributed by atoms with Gasteiger partial charge in [0.15, 0.2) is 11.5 Å². The van der Waals surface area contributed by atoms with Crippen molar-refractivity contribution in [1.29, 1.82) is 0 Å². The Bertz CT molecular complexity index is 1240. The van der Waals surface area contributed by atoms with E-state index in [9.17, 15) is 9.59 Å². The molecule has 4 rings (SSSR count). The molecule has 0 saturated carbocycles.